The number of pyridine rings is 1. The van der Waals surface area contributed by atoms with Gasteiger partial charge in [-0.15, -0.1) is 0 Å². The van der Waals surface area contributed by atoms with Gasteiger partial charge in [0.1, 0.15) is 0 Å². The van der Waals surface area contributed by atoms with Gasteiger partial charge in [0, 0.05) is 20.9 Å². The molecule has 0 radical (unpaired) electrons. The summed E-state index contributed by atoms with van der Waals surface area (Å²) >= 11 is 2.34. The van der Waals surface area contributed by atoms with Crippen molar-refractivity contribution in [2.75, 3.05) is 0 Å². The lowest BCUT2D eigenvalue weighted by molar-refractivity contribution is 1.33. The number of aromatic nitrogens is 1. The third kappa shape index (κ3) is 4.03. The highest BCUT2D eigenvalue weighted by atomic mass is 127. The van der Waals surface area contributed by atoms with Crippen LogP contribution in [0.15, 0.2) is 121 Å². The van der Waals surface area contributed by atoms with E-state index in [1.807, 2.05) is 6.20 Å². The average molecular weight is 533 g/mol. The molecule has 0 bridgehead atoms. The highest BCUT2D eigenvalue weighted by Gasteiger charge is 2.06. The number of benzene rings is 5. The van der Waals surface area contributed by atoms with Crippen molar-refractivity contribution in [3.05, 3.63) is 125 Å². The van der Waals surface area contributed by atoms with E-state index in [1.54, 1.807) is 0 Å². The summed E-state index contributed by atoms with van der Waals surface area (Å²) in [6.07, 6.45) is 1.98. The van der Waals surface area contributed by atoms with Crippen LogP contribution in [0.5, 0.6) is 0 Å². The maximum absolute atomic E-state index is 4.78. The second kappa shape index (κ2) is 8.45. The summed E-state index contributed by atoms with van der Waals surface area (Å²) in [5.41, 5.74) is 6.91. The first kappa shape index (κ1) is 20.1. The van der Waals surface area contributed by atoms with Crippen LogP contribution in [0.1, 0.15) is 0 Å². The van der Waals surface area contributed by atoms with E-state index in [9.17, 15) is 0 Å². The van der Waals surface area contributed by atoms with E-state index in [2.05, 4.69) is 138 Å². The summed E-state index contributed by atoms with van der Waals surface area (Å²) in [6, 6.07) is 41.2. The van der Waals surface area contributed by atoms with Gasteiger partial charge in [0.15, 0.2) is 0 Å². The van der Waals surface area contributed by atoms with Gasteiger partial charge in [0.25, 0.3) is 0 Å². The molecule has 5 aromatic carbocycles. The van der Waals surface area contributed by atoms with Crippen molar-refractivity contribution >= 4 is 44.1 Å². The van der Waals surface area contributed by atoms with Crippen molar-refractivity contribution < 1.29 is 0 Å². The van der Waals surface area contributed by atoms with Crippen molar-refractivity contribution in [1.29, 1.82) is 0 Å². The fourth-order valence-corrected chi connectivity index (χ4v) is 4.69. The van der Waals surface area contributed by atoms with Crippen molar-refractivity contribution in [3.8, 4) is 33.5 Å². The molecule has 0 saturated carbocycles. The molecule has 0 spiro atoms. The van der Waals surface area contributed by atoms with Crippen molar-refractivity contribution in [3.63, 3.8) is 0 Å². The zero-order valence-corrected chi connectivity index (χ0v) is 20.0. The fraction of sp³-hybridized carbons (Fsp3) is 0. The Bertz CT molecular complexity index is 1600. The zero-order chi connectivity index (χ0) is 22.2. The Morgan fingerprint density at radius 1 is 0.424 bits per heavy atom. The van der Waals surface area contributed by atoms with Crippen LogP contribution in [0.25, 0.3) is 55.1 Å². The zero-order valence-electron chi connectivity index (χ0n) is 17.9. The number of nitrogens with zero attached hydrogens (tertiary/aromatic N) is 1. The molecule has 0 amide bonds. The van der Waals surface area contributed by atoms with Crippen LogP contribution in [0.3, 0.4) is 0 Å². The Morgan fingerprint density at radius 2 is 0.970 bits per heavy atom. The molecular weight excluding hydrogens is 513 g/mol. The van der Waals surface area contributed by atoms with Crippen LogP contribution in [0.2, 0.25) is 0 Å². The Morgan fingerprint density at radius 3 is 1.67 bits per heavy atom. The van der Waals surface area contributed by atoms with Gasteiger partial charge < -0.3 is 0 Å². The lowest BCUT2D eigenvalue weighted by atomic mass is 9.98. The molecule has 1 heterocycles. The van der Waals surface area contributed by atoms with Crippen LogP contribution in [0.4, 0.5) is 0 Å². The third-order valence-corrected chi connectivity index (χ3v) is 6.88. The van der Waals surface area contributed by atoms with Gasteiger partial charge in [-0.2, -0.15) is 0 Å². The van der Waals surface area contributed by atoms with E-state index < -0.39 is 0 Å². The monoisotopic (exact) mass is 533 g/mol. The summed E-state index contributed by atoms with van der Waals surface area (Å²) in [5.74, 6) is 0. The molecule has 0 aliphatic carbocycles. The lowest BCUT2D eigenvalue weighted by Gasteiger charge is -2.08. The van der Waals surface area contributed by atoms with Gasteiger partial charge in [0.05, 0.1) is 5.69 Å². The van der Waals surface area contributed by atoms with Crippen LogP contribution >= 0.6 is 22.6 Å². The SMILES string of the molecule is Ic1ccc(-c2ccc3ccc(-c4ccc(-c5ccc6ccccc6c5)nc4)cc3c2)cc1. The molecule has 0 unspecified atom stereocenters. The lowest BCUT2D eigenvalue weighted by Crippen LogP contribution is -1.86. The first-order valence-corrected chi connectivity index (χ1v) is 12.1. The number of hydrogen-bond acceptors (Lipinski definition) is 1. The van der Waals surface area contributed by atoms with Crippen molar-refractivity contribution in [2.24, 2.45) is 0 Å². The Hall–Kier alpha value is -3.50. The Balaban J connectivity index is 1.34. The minimum Gasteiger partial charge on any atom is -0.256 e. The van der Waals surface area contributed by atoms with Crippen LogP contribution in [-0.2, 0) is 0 Å². The standard InChI is InChI=1S/C31H20IN/c32-30-14-11-22(12-15-30)25-8-5-23-6-9-26(19-29(23)18-25)28-13-16-31(33-20-28)27-10-7-21-3-1-2-4-24(21)17-27/h1-20H. The molecule has 0 aliphatic heterocycles. The summed E-state index contributed by atoms with van der Waals surface area (Å²) in [4.78, 5) is 4.78. The average Bonchev–Trinajstić information content (AvgIpc) is 2.88. The summed E-state index contributed by atoms with van der Waals surface area (Å²) < 4.78 is 1.25. The van der Waals surface area contributed by atoms with Gasteiger partial charge in [-0.05, 0) is 97.2 Å². The van der Waals surface area contributed by atoms with E-state index >= 15 is 0 Å². The smallest absolute Gasteiger partial charge is 0.0702 e. The summed E-state index contributed by atoms with van der Waals surface area (Å²) in [7, 11) is 0. The quantitative estimate of drug-likeness (QED) is 0.207. The van der Waals surface area contributed by atoms with Gasteiger partial charge in [-0.3, -0.25) is 4.98 Å². The molecule has 0 aliphatic rings. The van der Waals surface area contributed by atoms with E-state index in [1.165, 1.54) is 41.8 Å². The second-order valence-electron chi connectivity index (χ2n) is 8.28. The molecule has 156 valence electrons. The minimum atomic E-state index is 0.992. The van der Waals surface area contributed by atoms with E-state index in [0.717, 1.165) is 16.8 Å². The highest BCUT2D eigenvalue weighted by Crippen LogP contribution is 2.30. The molecule has 0 fully saturated rings. The van der Waals surface area contributed by atoms with Gasteiger partial charge in [-0.25, -0.2) is 0 Å². The van der Waals surface area contributed by atoms with Gasteiger partial charge >= 0.3 is 0 Å². The summed E-state index contributed by atoms with van der Waals surface area (Å²) in [6.45, 7) is 0. The molecular formula is C31H20IN. The molecule has 6 rings (SSSR count). The maximum atomic E-state index is 4.78. The third-order valence-electron chi connectivity index (χ3n) is 6.16. The largest absolute Gasteiger partial charge is 0.256 e. The predicted octanol–water partition coefficient (Wildman–Crippen LogP) is 8.99. The number of rotatable bonds is 3. The second-order valence-corrected chi connectivity index (χ2v) is 9.52. The molecule has 1 aromatic heterocycles. The van der Waals surface area contributed by atoms with Crippen molar-refractivity contribution in [2.45, 2.75) is 0 Å². The van der Waals surface area contributed by atoms with Gasteiger partial charge in [-0.1, -0.05) is 78.9 Å². The molecule has 6 aromatic rings. The molecule has 2 heteroatoms. The molecule has 1 nitrogen and oxygen atoms in total. The normalized spacial score (nSPS) is 11.2. The fourth-order valence-electron chi connectivity index (χ4n) is 4.33. The Labute approximate surface area is 206 Å². The first-order valence-electron chi connectivity index (χ1n) is 11.0. The van der Waals surface area contributed by atoms with E-state index in [4.69, 9.17) is 4.98 Å². The van der Waals surface area contributed by atoms with Crippen molar-refractivity contribution in [1.82, 2.24) is 4.98 Å². The Kier molecular flexibility index (Phi) is 5.16. The van der Waals surface area contributed by atoms with Crippen LogP contribution in [-0.4, -0.2) is 4.98 Å². The topological polar surface area (TPSA) is 12.9 Å². The molecule has 0 atom stereocenters. The van der Waals surface area contributed by atoms with E-state index in [0.29, 0.717) is 0 Å². The predicted molar refractivity (Wildman–Crippen MR) is 148 cm³/mol. The molecule has 0 saturated heterocycles. The number of halogens is 1. The highest BCUT2D eigenvalue weighted by molar-refractivity contribution is 14.1. The van der Waals surface area contributed by atoms with Gasteiger partial charge in [0.2, 0.25) is 0 Å². The minimum absolute atomic E-state index is 0.992. The maximum Gasteiger partial charge on any atom is 0.0702 e. The molecule has 33 heavy (non-hydrogen) atoms. The van der Waals surface area contributed by atoms with E-state index in [-0.39, 0.29) is 0 Å². The van der Waals surface area contributed by atoms with Crippen LogP contribution < -0.4 is 0 Å². The molecule has 0 N–H and O–H groups in total. The number of fused-ring (bicyclic) bond motifs is 2. The number of hydrogen-bond donors (Lipinski definition) is 0. The first-order chi connectivity index (χ1) is 16.2. The summed E-state index contributed by atoms with van der Waals surface area (Å²) in [5, 5.41) is 4.97. The van der Waals surface area contributed by atoms with Crippen LogP contribution in [0, 0.1) is 3.57 Å².